The predicted molar refractivity (Wildman–Crippen MR) is 123 cm³/mol. The van der Waals surface area contributed by atoms with Crippen molar-refractivity contribution >= 4 is 29.9 Å². The standard InChI is InChI=1S/C23H26F3N7O2/c1-14(2)9-20(34)29-21-18(26)13-27-22(30-21)31-5-7-32(8-6-31)23(35)33-19(3-4-28-33)15-10-16(24)12-17(25)11-15/h4,10-14,19H,3,5-9H2,1-2H3,(H,27,29,30,34). The summed E-state index contributed by atoms with van der Waals surface area (Å²) in [6.45, 7) is 5.12. The van der Waals surface area contributed by atoms with E-state index in [-0.39, 0.29) is 36.0 Å². The van der Waals surface area contributed by atoms with Crippen LogP contribution in [0.25, 0.3) is 0 Å². The zero-order chi connectivity index (χ0) is 25.1. The number of nitrogens with one attached hydrogen (secondary N) is 1. The highest BCUT2D eigenvalue weighted by atomic mass is 19.1. The second-order valence-corrected chi connectivity index (χ2v) is 8.87. The zero-order valence-electron chi connectivity index (χ0n) is 19.4. The number of piperazine rings is 1. The van der Waals surface area contributed by atoms with E-state index in [1.807, 2.05) is 13.8 Å². The van der Waals surface area contributed by atoms with E-state index in [9.17, 15) is 22.8 Å². The molecule has 9 nitrogen and oxygen atoms in total. The molecule has 1 aromatic carbocycles. The molecule has 0 saturated carbocycles. The van der Waals surface area contributed by atoms with Crippen LogP contribution in [0.5, 0.6) is 0 Å². The maximum absolute atomic E-state index is 14.1. The molecule has 1 saturated heterocycles. The van der Waals surface area contributed by atoms with Gasteiger partial charge in [-0.3, -0.25) is 4.79 Å². The van der Waals surface area contributed by atoms with Gasteiger partial charge in [0.05, 0.1) is 12.2 Å². The Hall–Kier alpha value is -3.70. The highest BCUT2D eigenvalue weighted by Crippen LogP contribution is 2.30. The van der Waals surface area contributed by atoms with Gasteiger partial charge in [-0.05, 0) is 23.6 Å². The molecule has 0 bridgehead atoms. The van der Waals surface area contributed by atoms with Crippen molar-refractivity contribution in [2.24, 2.45) is 11.0 Å². The molecule has 2 aliphatic rings. The third kappa shape index (κ3) is 5.69. The summed E-state index contributed by atoms with van der Waals surface area (Å²) in [5.74, 6) is -2.32. The van der Waals surface area contributed by atoms with Gasteiger partial charge in [0.2, 0.25) is 11.9 Å². The Morgan fingerprint density at radius 1 is 1.09 bits per heavy atom. The topological polar surface area (TPSA) is 94.0 Å². The molecule has 12 heteroatoms. The van der Waals surface area contributed by atoms with Crippen LogP contribution in [0.4, 0.5) is 29.7 Å². The lowest BCUT2D eigenvalue weighted by Gasteiger charge is -2.37. The fraction of sp³-hybridized carbons (Fsp3) is 0.435. The minimum absolute atomic E-state index is 0.115. The highest BCUT2D eigenvalue weighted by molar-refractivity contribution is 5.90. The lowest BCUT2D eigenvalue weighted by molar-refractivity contribution is -0.116. The monoisotopic (exact) mass is 489 g/mol. The molecule has 1 aromatic heterocycles. The number of urea groups is 1. The summed E-state index contributed by atoms with van der Waals surface area (Å²) in [6.07, 6.45) is 3.14. The summed E-state index contributed by atoms with van der Waals surface area (Å²) in [5, 5.41) is 7.84. The first-order valence-electron chi connectivity index (χ1n) is 11.3. The number of aromatic nitrogens is 2. The van der Waals surface area contributed by atoms with Crippen LogP contribution in [-0.4, -0.2) is 64.2 Å². The predicted octanol–water partition coefficient (Wildman–Crippen LogP) is 3.55. The molecule has 0 radical (unpaired) electrons. The first-order valence-corrected chi connectivity index (χ1v) is 11.3. The Kier molecular flexibility index (Phi) is 7.17. The average molecular weight is 490 g/mol. The maximum Gasteiger partial charge on any atom is 0.341 e. The molecule has 4 rings (SSSR count). The number of benzene rings is 1. The summed E-state index contributed by atoms with van der Waals surface area (Å²) >= 11 is 0. The van der Waals surface area contributed by atoms with Crippen molar-refractivity contribution in [2.45, 2.75) is 32.7 Å². The molecular formula is C23H26F3N7O2. The molecule has 1 fully saturated rings. The van der Waals surface area contributed by atoms with Gasteiger partial charge < -0.3 is 15.1 Å². The van der Waals surface area contributed by atoms with E-state index in [1.54, 1.807) is 16.0 Å². The number of hydrogen-bond donors (Lipinski definition) is 1. The molecule has 0 spiro atoms. The Bertz CT molecular complexity index is 1120. The summed E-state index contributed by atoms with van der Waals surface area (Å²) in [5.41, 5.74) is 0.332. The number of nitrogens with zero attached hydrogens (tertiary/aromatic N) is 6. The number of hydrogen-bond acceptors (Lipinski definition) is 6. The van der Waals surface area contributed by atoms with E-state index in [2.05, 4.69) is 20.4 Å². The molecule has 0 aliphatic carbocycles. The van der Waals surface area contributed by atoms with Crippen molar-refractivity contribution in [2.75, 3.05) is 36.4 Å². The second-order valence-electron chi connectivity index (χ2n) is 8.87. The largest absolute Gasteiger partial charge is 0.341 e. The van der Waals surface area contributed by atoms with Gasteiger partial charge in [0.15, 0.2) is 11.6 Å². The number of halogens is 3. The fourth-order valence-corrected chi connectivity index (χ4v) is 4.04. The van der Waals surface area contributed by atoms with Crippen LogP contribution in [0, 0.1) is 23.4 Å². The van der Waals surface area contributed by atoms with Crippen LogP contribution in [-0.2, 0) is 4.79 Å². The Morgan fingerprint density at radius 2 is 1.77 bits per heavy atom. The summed E-state index contributed by atoms with van der Waals surface area (Å²) in [4.78, 5) is 36.7. The van der Waals surface area contributed by atoms with Crippen molar-refractivity contribution in [3.63, 3.8) is 0 Å². The van der Waals surface area contributed by atoms with E-state index in [1.165, 1.54) is 17.1 Å². The van der Waals surface area contributed by atoms with Gasteiger partial charge in [-0.2, -0.15) is 10.1 Å². The van der Waals surface area contributed by atoms with Crippen molar-refractivity contribution < 1.29 is 22.8 Å². The van der Waals surface area contributed by atoms with E-state index >= 15 is 0 Å². The Labute approximate surface area is 200 Å². The minimum Gasteiger partial charge on any atom is -0.337 e. The normalized spacial score (nSPS) is 17.9. The number of anilines is 2. The number of hydrazone groups is 1. The van der Waals surface area contributed by atoms with Crippen molar-refractivity contribution in [3.8, 4) is 0 Å². The van der Waals surface area contributed by atoms with Gasteiger partial charge in [0, 0.05) is 51.3 Å². The number of carbonyl (C=O) groups is 2. The van der Waals surface area contributed by atoms with Gasteiger partial charge in [-0.25, -0.2) is 28.0 Å². The van der Waals surface area contributed by atoms with E-state index < -0.39 is 23.5 Å². The van der Waals surface area contributed by atoms with Crippen LogP contribution in [0.3, 0.4) is 0 Å². The zero-order valence-corrected chi connectivity index (χ0v) is 19.4. The van der Waals surface area contributed by atoms with Gasteiger partial charge in [0.25, 0.3) is 0 Å². The summed E-state index contributed by atoms with van der Waals surface area (Å²) in [7, 11) is 0. The maximum atomic E-state index is 14.1. The lowest BCUT2D eigenvalue weighted by atomic mass is 10.0. The van der Waals surface area contributed by atoms with Crippen LogP contribution >= 0.6 is 0 Å². The molecule has 2 aromatic rings. The highest BCUT2D eigenvalue weighted by Gasteiger charge is 2.34. The van der Waals surface area contributed by atoms with Crippen molar-refractivity contribution in [1.29, 1.82) is 0 Å². The molecule has 1 unspecified atom stereocenters. The van der Waals surface area contributed by atoms with E-state index in [4.69, 9.17) is 0 Å². The SMILES string of the molecule is CC(C)CC(=O)Nc1nc(N2CCN(C(=O)N3N=CCC3c3cc(F)cc(F)c3)CC2)ncc1F. The molecule has 2 aliphatic heterocycles. The first kappa shape index (κ1) is 24.4. The Morgan fingerprint density at radius 3 is 2.43 bits per heavy atom. The van der Waals surface area contributed by atoms with Crippen LogP contribution < -0.4 is 10.2 Å². The molecule has 3 heterocycles. The molecule has 186 valence electrons. The van der Waals surface area contributed by atoms with Crippen molar-refractivity contribution in [1.82, 2.24) is 19.9 Å². The number of amides is 3. The third-order valence-electron chi connectivity index (χ3n) is 5.71. The lowest BCUT2D eigenvalue weighted by Crippen LogP contribution is -2.52. The van der Waals surface area contributed by atoms with Gasteiger partial charge >= 0.3 is 6.03 Å². The minimum atomic E-state index is -0.730. The van der Waals surface area contributed by atoms with Gasteiger partial charge in [0.1, 0.15) is 11.6 Å². The second kappa shape index (κ2) is 10.3. The first-order chi connectivity index (χ1) is 16.7. The average Bonchev–Trinajstić information content (AvgIpc) is 3.29. The molecule has 1 N–H and O–H groups in total. The van der Waals surface area contributed by atoms with E-state index in [0.29, 0.717) is 38.2 Å². The molecule has 1 atom stereocenters. The van der Waals surface area contributed by atoms with Gasteiger partial charge in [-0.1, -0.05) is 13.8 Å². The van der Waals surface area contributed by atoms with Crippen LogP contribution in [0.15, 0.2) is 29.5 Å². The summed E-state index contributed by atoms with van der Waals surface area (Å²) in [6, 6.07) is 2.20. The molecular weight excluding hydrogens is 463 g/mol. The third-order valence-corrected chi connectivity index (χ3v) is 5.71. The smallest absolute Gasteiger partial charge is 0.337 e. The van der Waals surface area contributed by atoms with Crippen LogP contribution in [0.1, 0.15) is 38.3 Å². The Balaban J connectivity index is 1.39. The quantitative estimate of drug-likeness (QED) is 0.693. The molecule has 35 heavy (non-hydrogen) atoms. The molecule has 3 amide bonds. The summed E-state index contributed by atoms with van der Waals surface area (Å²) < 4.78 is 41.5. The number of rotatable bonds is 5. The van der Waals surface area contributed by atoms with Crippen molar-refractivity contribution in [3.05, 3.63) is 47.4 Å². The van der Waals surface area contributed by atoms with E-state index in [0.717, 1.165) is 12.3 Å². The van der Waals surface area contributed by atoms with Crippen LogP contribution in [0.2, 0.25) is 0 Å². The number of carbonyl (C=O) groups excluding carboxylic acids is 2. The van der Waals surface area contributed by atoms with Gasteiger partial charge in [-0.15, -0.1) is 0 Å². The fourth-order valence-electron chi connectivity index (χ4n) is 4.04.